The summed E-state index contributed by atoms with van der Waals surface area (Å²) in [5.74, 6) is 1.69. The largest absolute Gasteiger partial charge is 0.468 e. The van der Waals surface area contributed by atoms with Crippen LogP contribution < -0.4 is 4.74 Å². The van der Waals surface area contributed by atoms with Crippen molar-refractivity contribution in [2.75, 3.05) is 7.11 Å². The summed E-state index contributed by atoms with van der Waals surface area (Å²) < 4.78 is 22.8. The minimum absolute atomic E-state index is 0.331. The third-order valence-electron chi connectivity index (χ3n) is 5.33. The monoisotopic (exact) mass is 423 g/mol. The number of aryl methyl sites for hydroxylation is 1. The Morgan fingerprint density at radius 1 is 0.781 bits per heavy atom. The Balaban J connectivity index is 1.47. The van der Waals surface area contributed by atoms with Gasteiger partial charge in [0.05, 0.1) is 7.11 Å². The Morgan fingerprint density at radius 3 is 2.41 bits per heavy atom. The van der Waals surface area contributed by atoms with Crippen molar-refractivity contribution in [2.24, 2.45) is 0 Å². The predicted molar refractivity (Wildman–Crippen MR) is 119 cm³/mol. The van der Waals surface area contributed by atoms with Crippen LogP contribution in [-0.4, -0.2) is 22.2 Å². The van der Waals surface area contributed by atoms with Gasteiger partial charge in [0.1, 0.15) is 16.7 Å². The topological polar surface area (TPSA) is 87.3 Å². The molecule has 0 amide bonds. The lowest BCUT2D eigenvalue weighted by Crippen LogP contribution is -1.85. The molecule has 0 bridgehead atoms. The highest BCUT2D eigenvalue weighted by molar-refractivity contribution is 5.98. The second-order valence-electron chi connectivity index (χ2n) is 7.46. The van der Waals surface area contributed by atoms with Crippen LogP contribution in [0.1, 0.15) is 5.56 Å². The standard InChI is InChI=1S/C25H17N3O4/c1-14-7-9-15(10-8-14)23-27-22(28-32-23)16-11-12-19-17(13-16)21(25(29-2)31-19)24-26-18-5-3-4-6-20(18)30-24/h3-13H,1-2H3. The highest BCUT2D eigenvalue weighted by Gasteiger charge is 2.23. The number of para-hydroxylation sites is 2. The first-order valence-corrected chi connectivity index (χ1v) is 10.1. The molecule has 7 heteroatoms. The number of ether oxygens (including phenoxy) is 1. The van der Waals surface area contributed by atoms with E-state index in [1.807, 2.05) is 73.7 Å². The number of furan rings is 1. The number of benzene rings is 3. The van der Waals surface area contributed by atoms with E-state index in [0.717, 1.165) is 22.0 Å². The zero-order valence-electron chi connectivity index (χ0n) is 17.3. The van der Waals surface area contributed by atoms with Crippen LogP contribution in [0.25, 0.3) is 56.4 Å². The van der Waals surface area contributed by atoms with Gasteiger partial charge in [-0.25, -0.2) is 4.98 Å². The predicted octanol–water partition coefficient (Wildman–Crippen LogP) is 6.28. The van der Waals surface area contributed by atoms with Crippen LogP contribution in [0.3, 0.4) is 0 Å². The van der Waals surface area contributed by atoms with E-state index in [1.165, 1.54) is 5.56 Å². The van der Waals surface area contributed by atoms with Crippen molar-refractivity contribution in [3.05, 3.63) is 72.3 Å². The van der Waals surface area contributed by atoms with Crippen molar-refractivity contribution in [2.45, 2.75) is 6.92 Å². The van der Waals surface area contributed by atoms with Crippen molar-refractivity contribution in [3.63, 3.8) is 0 Å². The molecule has 3 heterocycles. The SMILES string of the molecule is COc1oc2ccc(-c3noc(-c4ccc(C)cc4)n3)cc2c1-c1nc2ccccc2o1. The molecule has 0 aliphatic heterocycles. The molecule has 156 valence electrons. The summed E-state index contributed by atoms with van der Waals surface area (Å²) in [5.41, 5.74) is 5.55. The molecule has 0 saturated heterocycles. The number of methoxy groups -OCH3 is 1. The van der Waals surface area contributed by atoms with E-state index in [1.54, 1.807) is 7.11 Å². The van der Waals surface area contributed by atoms with Crippen LogP contribution in [0.5, 0.6) is 5.95 Å². The molecule has 6 aromatic rings. The zero-order valence-corrected chi connectivity index (χ0v) is 17.3. The molecular weight excluding hydrogens is 406 g/mol. The van der Waals surface area contributed by atoms with Crippen LogP contribution in [0, 0.1) is 6.92 Å². The van der Waals surface area contributed by atoms with Crippen LogP contribution in [0.15, 0.2) is 80.1 Å². The number of fused-ring (bicyclic) bond motifs is 2. The number of oxazole rings is 1. The molecule has 0 fully saturated rings. The minimum atomic E-state index is 0.331. The van der Waals surface area contributed by atoms with Crippen molar-refractivity contribution in [1.82, 2.24) is 15.1 Å². The molecule has 3 aromatic heterocycles. The van der Waals surface area contributed by atoms with E-state index in [-0.39, 0.29) is 0 Å². The fourth-order valence-electron chi connectivity index (χ4n) is 3.69. The lowest BCUT2D eigenvalue weighted by Gasteiger charge is -1.97. The second-order valence-corrected chi connectivity index (χ2v) is 7.46. The molecule has 0 N–H and O–H groups in total. The van der Waals surface area contributed by atoms with E-state index in [2.05, 4.69) is 15.1 Å². The van der Waals surface area contributed by atoms with E-state index in [4.69, 9.17) is 18.1 Å². The molecule has 0 atom stereocenters. The van der Waals surface area contributed by atoms with Gasteiger partial charge in [-0.3, -0.25) is 0 Å². The van der Waals surface area contributed by atoms with Gasteiger partial charge < -0.3 is 18.1 Å². The van der Waals surface area contributed by atoms with Gasteiger partial charge in [-0.2, -0.15) is 4.98 Å². The summed E-state index contributed by atoms with van der Waals surface area (Å²) in [6.07, 6.45) is 0. The molecule has 0 spiro atoms. The van der Waals surface area contributed by atoms with E-state index >= 15 is 0 Å². The number of rotatable bonds is 4. The Morgan fingerprint density at radius 2 is 1.59 bits per heavy atom. The highest BCUT2D eigenvalue weighted by atomic mass is 16.6. The number of nitrogens with zero attached hydrogens (tertiary/aromatic N) is 3. The van der Waals surface area contributed by atoms with Crippen molar-refractivity contribution in [1.29, 1.82) is 0 Å². The average molecular weight is 423 g/mol. The lowest BCUT2D eigenvalue weighted by atomic mass is 10.1. The fourth-order valence-corrected chi connectivity index (χ4v) is 3.69. The lowest BCUT2D eigenvalue weighted by molar-refractivity contribution is 0.316. The number of aromatic nitrogens is 3. The van der Waals surface area contributed by atoms with E-state index < -0.39 is 0 Å². The van der Waals surface area contributed by atoms with Gasteiger partial charge in [0.15, 0.2) is 5.58 Å². The Bertz CT molecular complexity index is 1540. The van der Waals surface area contributed by atoms with Crippen LogP contribution >= 0.6 is 0 Å². The summed E-state index contributed by atoms with van der Waals surface area (Å²) >= 11 is 0. The van der Waals surface area contributed by atoms with Crippen molar-refractivity contribution >= 4 is 22.1 Å². The first kappa shape index (κ1) is 18.4. The van der Waals surface area contributed by atoms with E-state index in [9.17, 15) is 0 Å². The first-order chi connectivity index (χ1) is 15.7. The van der Waals surface area contributed by atoms with Gasteiger partial charge in [0.2, 0.25) is 11.7 Å². The van der Waals surface area contributed by atoms with Gasteiger partial charge in [-0.1, -0.05) is 35.0 Å². The summed E-state index contributed by atoms with van der Waals surface area (Å²) in [4.78, 5) is 9.18. The van der Waals surface area contributed by atoms with Gasteiger partial charge in [0, 0.05) is 16.5 Å². The third-order valence-corrected chi connectivity index (χ3v) is 5.33. The molecule has 3 aromatic carbocycles. The number of hydrogen-bond donors (Lipinski definition) is 0. The van der Waals surface area contributed by atoms with Gasteiger partial charge in [0.25, 0.3) is 11.8 Å². The summed E-state index contributed by atoms with van der Waals surface area (Å²) in [5, 5.41) is 4.95. The Hall–Kier alpha value is -4.39. The van der Waals surface area contributed by atoms with Crippen molar-refractivity contribution in [3.8, 4) is 40.2 Å². The highest BCUT2D eigenvalue weighted by Crippen LogP contribution is 2.41. The van der Waals surface area contributed by atoms with Gasteiger partial charge in [-0.05, 0) is 49.4 Å². The molecule has 32 heavy (non-hydrogen) atoms. The summed E-state index contributed by atoms with van der Waals surface area (Å²) in [7, 11) is 1.55. The molecule has 0 aliphatic carbocycles. The molecule has 6 rings (SSSR count). The number of hydrogen-bond acceptors (Lipinski definition) is 7. The summed E-state index contributed by atoms with van der Waals surface area (Å²) in [6.45, 7) is 2.03. The molecule has 0 radical (unpaired) electrons. The Labute approximate surface area is 182 Å². The smallest absolute Gasteiger partial charge is 0.298 e. The van der Waals surface area contributed by atoms with E-state index in [0.29, 0.717) is 40.3 Å². The first-order valence-electron chi connectivity index (χ1n) is 10.1. The fraction of sp³-hybridized carbons (Fsp3) is 0.0800. The third kappa shape index (κ3) is 2.94. The molecular formula is C25H17N3O4. The van der Waals surface area contributed by atoms with Crippen molar-refractivity contribution < 1.29 is 18.1 Å². The molecule has 0 aliphatic rings. The maximum Gasteiger partial charge on any atom is 0.298 e. The second kappa shape index (κ2) is 7.09. The normalized spacial score (nSPS) is 11.4. The van der Waals surface area contributed by atoms with Gasteiger partial charge in [-0.15, -0.1) is 0 Å². The van der Waals surface area contributed by atoms with Crippen LogP contribution in [0.2, 0.25) is 0 Å². The molecule has 0 unspecified atom stereocenters. The molecule has 0 saturated carbocycles. The summed E-state index contributed by atoms with van der Waals surface area (Å²) in [6, 6.07) is 21.2. The quantitative estimate of drug-likeness (QED) is 0.330. The zero-order chi connectivity index (χ0) is 21.7. The minimum Gasteiger partial charge on any atom is -0.468 e. The average Bonchev–Trinajstić information content (AvgIpc) is 3.54. The Kier molecular flexibility index (Phi) is 4.07. The van der Waals surface area contributed by atoms with Crippen LogP contribution in [0.4, 0.5) is 0 Å². The maximum absolute atomic E-state index is 5.98. The molecule has 7 nitrogen and oxygen atoms in total. The van der Waals surface area contributed by atoms with Crippen LogP contribution in [-0.2, 0) is 0 Å². The van der Waals surface area contributed by atoms with Gasteiger partial charge >= 0.3 is 0 Å². The maximum atomic E-state index is 5.98.